The fraction of sp³-hybridized carbons (Fsp3) is 0.150. The van der Waals surface area contributed by atoms with Crippen molar-refractivity contribution < 1.29 is 14.3 Å². The lowest BCUT2D eigenvalue weighted by Gasteiger charge is -2.29. The van der Waals surface area contributed by atoms with Gasteiger partial charge in [-0.3, -0.25) is 10.1 Å². The van der Waals surface area contributed by atoms with Crippen LogP contribution in [0.1, 0.15) is 22.9 Å². The number of hydrogen-bond acceptors (Lipinski definition) is 3. The molecule has 5 rings (SSSR count). The second-order valence-electron chi connectivity index (χ2n) is 6.48. The summed E-state index contributed by atoms with van der Waals surface area (Å²) < 4.78 is 5.41. The van der Waals surface area contributed by atoms with E-state index in [0.717, 1.165) is 38.7 Å². The van der Waals surface area contributed by atoms with Gasteiger partial charge in [-0.15, -0.1) is 0 Å². The number of aliphatic carboxylic acids is 1. The minimum atomic E-state index is -0.828. The standard InChI is InChI=1S/C20H16N2O3/c23-20(24)16-10-14-13-3-1-2-4-15(13)21-19(14)18(22-16)12-5-6-17-11(9-12)7-8-25-17/h1-9,16,18,21-22H,10H2,(H,23,24). The molecule has 5 nitrogen and oxygen atoms in total. The van der Waals surface area contributed by atoms with Gasteiger partial charge in [0.15, 0.2) is 0 Å². The zero-order valence-electron chi connectivity index (χ0n) is 13.3. The van der Waals surface area contributed by atoms with E-state index in [2.05, 4.69) is 16.4 Å². The Morgan fingerprint density at radius 3 is 2.92 bits per heavy atom. The van der Waals surface area contributed by atoms with E-state index in [-0.39, 0.29) is 6.04 Å². The summed E-state index contributed by atoms with van der Waals surface area (Å²) in [6.45, 7) is 0. The summed E-state index contributed by atoms with van der Waals surface area (Å²) in [5, 5.41) is 15.0. The molecule has 0 saturated heterocycles. The fourth-order valence-electron chi connectivity index (χ4n) is 3.82. The third kappa shape index (κ3) is 2.16. The Balaban J connectivity index is 1.71. The van der Waals surface area contributed by atoms with Gasteiger partial charge in [0.25, 0.3) is 0 Å². The number of fused-ring (bicyclic) bond motifs is 4. The lowest BCUT2D eigenvalue weighted by molar-refractivity contribution is -0.139. The number of furan rings is 1. The number of carbonyl (C=O) groups is 1. The van der Waals surface area contributed by atoms with Gasteiger partial charge >= 0.3 is 5.97 Å². The first-order valence-corrected chi connectivity index (χ1v) is 8.26. The van der Waals surface area contributed by atoms with Gasteiger partial charge in [0.2, 0.25) is 0 Å². The van der Waals surface area contributed by atoms with Crippen LogP contribution in [0.2, 0.25) is 0 Å². The maximum Gasteiger partial charge on any atom is 0.321 e. The van der Waals surface area contributed by atoms with Gasteiger partial charge in [0.1, 0.15) is 11.6 Å². The second kappa shape index (κ2) is 5.22. The number of carboxylic acid groups (broad SMARTS) is 1. The molecule has 3 heterocycles. The molecular formula is C20H16N2O3. The van der Waals surface area contributed by atoms with Crippen LogP contribution in [-0.4, -0.2) is 22.1 Å². The molecule has 3 N–H and O–H groups in total. The molecule has 2 aromatic carbocycles. The number of aromatic amines is 1. The molecule has 1 aliphatic heterocycles. The molecule has 1 aliphatic rings. The third-order valence-corrected chi connectivity index (χ3v) is 5.02. The van der Waals surface area contributed by atoms with E-state index in [4.69, 9.17) is 4.42 Å². The van der Waals surface area contributed by atoms with Gasteiger partial charge in [-0.05, 0) is 35.4 Å². The summed E-state index contributed by atoms with van der Waals surface area (Å²) in [5.41, 5.74) is 5.01. The smallest absolute Gasteiger partial charge is 0.321 e. The number of hydrogen-bond donors (Lipinski definition) is 3. The second-order valence-corrected chi connectivity index (χ2v) is 6.48. The third-order valence-electron chi connectivity index (χ3n) is 5.02. The van der Waals surface area contributed by atoms with Gasteiger partial charge in [-0.25, -0.2) is 0 Å². The topological polar surface area (TPSA) is 78.3 Å². The van der Waals surface area contributed by atoms with E-state index >= 15 is 0 Å². The summed E-state index contributed by atoms with van der Waals surface area (Å²) >= 11 is 0. The SMILES string of the molecule is O=C(O)C1Cc2c([nH]c3ccccc23)C(c2ccc3occc3c2)N1. The lowest BCUT2D eigenvalue weighted by Crippen LogP contribution is -2.44. The number of nitrogens with one attached hydrogen (secondary N) is 2. The Hall–Kier alpha value is -3.05. The average molecular weight is 332 g/mol. The average Bonchev–Trinajstić information content (AvgIpc) is 3.24. The van der Waals surface area contributed by atoms with Crippen molar-refractivity contribution in [3.05, 3.63) is 71.6 Å². The number of H-pyrrole nitrogens is 1. The summed E-state index contributed by atoms with van der Waals surface area (Å²) in [6, 6.07) is 15.1. The van der Waals surface area contributed by atoms with Gasteiger partial charge in [-0.1, -0.05) is 24.3 Å². The first-order valence-electron chi connectivity index (χ1n) is 8.26. The first-order chi connectivity index (χ1) is 12.2. The van der Waals surface area contributed by atoms with Gasteiger partial charge in [0.05, 0.1) is 12.3 Å². The summed E-state index contributed by atoms with van der Waals surface area (Å²) in [4.78, 5) is 15.2. The van der Waals surface area contributed by atoms with Crippen molar-refractivity contribution in [1.29, 1.82) is 0 Å². The van der Waals surface area contributed by atoms with Crippen molar-refractivity contribution in [3.63, 3.8) is 0 Å². The summed E-state index contributed by atoms with van der Waals surface area (Å²) in [7, 11) is 0. The van der Waals surface area contributed by atoms with Crippen LogP contribution < -0.4 is 5.32 Å². The summed E-state index contributed by atoms with van der Waals surface area (Å²) in [5.74, 6) is -0.828. The Labute approximate surface area is 143 Å². The molecule has 25 heavy (non-hydrogen) atoms. The number of rotatable bonds is 2. The van der Waals surface area contributed by atoms with Crippen molar-refractivity contribution >= 4 is 27.8 Å². The van der Waals surface area contributed by atoms with Gasteiger partial charge in [0, 0.05) is 28.4 Å². The van der Waals surface area contributed by atoms with E-state index in [1.165, 1.54) is 0 Å². The molecular weight excluding hydrogens is 316 g/mol. The van der Waals surface area contributed by atoms with Crippen molar-refractivity contribution in [3.8, 4) is 0 Å². The Bertz CT molecular complexity index is 1110. The van der Waals surface area contributed by atoms with Crippen LogP contribution in [0.15, 0.2) is 59.2 Å². The zero-order chi connectivity index (χ0) is 17.0. The minimum Gasteiger partial charge on any atom is -0.480 e. The van der Waals surface area contributed by atoms with Crippen molar-refractivity contribution in [2.24, 2.45) is 0 Å². The number of aromatic nitrogens is 1. The molecule has 0 spiro atoms. The number of benzene rings is 2. The van der Waals surface area contributed by atoms with Crippen LogP contribution in [0.25, 0.3) is 21.9 Å². The van der Waals surface area contributed by atoms with Gasteiger partial charge in [-0.2, -0.15) is 0 Å². The maximum absolute atomic E-state index is 11.7. The fourth-order valence-corrected chi connectivity index (χ4v) is 3.82. The monoisotopic (exact) mass is 332 g/mol. The lowest BCUT2D eigenvalue weighted by atomic mass is 9.90. The molecule has 0 aliphatic carbocycles. The first kappa shape index (κ1) is 14.3. The predicted molar refractivity (Wildman–Crippen MR) is 94.6 cm³/mol. The highest BCUT2D eigenvalue weighted by molar-refractivity contribution is 5.87. The Kier molecular flexibility index (Phi) is 2.99. The van der Waals surface area contributed by atoms with E-state index < -0.39 is 12.0 Å². The maximum atomic E-state index is 11.7. The highest BCUT2D eigenvalue weighted by Gasteiger charge is 2.33. The molecule has 4 aromatic rings. The van der Waals surface area contributed by atoms with Crippen LogP contribution in [0.5, 0.6) is 0 Å². The largest absolute Gasteiger partial charge is 0.480 e. The highest BCUT2D eigenvalue weighted by Crippen LogP contribution is 2.36. The molecule has 2 atom stereocenters. The molecule has 5 heteroatoms. The molecule has 0 bridgehead atoms. The number of carboxylic acids is 1. The Morgan fingerprint density at radius 1 is 1.16 bits per heavy atom. The number of para-hydroxylation sites is 1. The van der Waals surface area contributed by atoms with E-state index in [9.17, 15) is 9.90 Å². The molecule has 0 saturated carbocycles. The predicted octanol–water partition coefficient (Wildman–Crippen LogP) is 3.60. The van der Waals surface area contributed by atoms with Crippen LogP contribution in [0.3, 0.4) is 0 Å². The molecule has 2 aromatic heterocycles. The molecule has 0 radical (unpaired) electrons. The van der Waals surface area contributed by atoms with E-state index in [0.29, 0.717) is 6.42 Å². The van der Waals surface area contributed by atoms with Crippen LogP contribution >= 0.6 is 0 Å². The minimum absolute atomic E-state index is 0.198. The molecule has 2 unspecified atom stereocenters. The van der Waals surface area contributed by atoms with Crippen molar-refractivity contribution in [2.45, 2.75) is 18.5 Å². The molecule has 0 fully saturated rings. The van der Waals surface area contributed by atoms with Crippen LogP contribution in [-0.2, 0) is 11.2 Å². The highest BCUT2D eigenvalue weighted by atomic mass is 16.4. The van der Waals surface area contributed by atoms with Crippen LogP contribution in [0.4, 0.5) is 0 Å². The normalized spacial score (nSPS) is 20.0. The van der Waals surface area contributed by atoms with Crippen LogP contribution in [0, 0.1) is 0 Å². The zero-order valence-corrected chi connectivity index (χ0v) is 13.3. The van der Waals surface area contributed by atoms with Crippen molar-refractivity contribution in [1.82, 2.24) is 10.3 Å². The molecule has 124 valence electrons. The van der Waals surface area contributed by atoms with Crippen molar-refractivity contribution in [2.75, 3.05) is 0 Å². The molecule has 0 amide bonds. The Morgan fingerprint density at radius 2 is 2.04 bits per heavy atom. The van der Waals surface area contributed by atoms with Gasteiger partial charge < -0.3 is 14.5 Å². The van der Waals surface area contributed by atoms with E-state index in [1.807, 2.05) is 42.5 Å². The summed E-state index contributed by atoms with van der Waals surface area (Å²) in [6.07, 6.45) is 2.14. The van der Waals surface area contributed by atoms with E-state index in [1.54, 1.807) is 6.26 Å². The quantitative estimate of drug-likeness (QED) is 0.524.